The highest BCUT2D eigenvalue weighted by Gasteiger charge is 2.33. The summed E-state index contributed by atoms with van der Waals surface area (Å²) in [5.74, 6) is -0.448. The largest absolute Gasteiger partial charge is 0.417 e. The van der Waals surface area contributed by atoms with Crippen LogP contribution in [-0.2, 0) is 4.79 Å². The van der Waals surface area contributed by atoms with Crippen LogP contribution in [0.15, 0.2) is 21.3 Å². The second kappa shape index (κ2) is 4.83. The average Bonchev–Trinajstić information content (AvgIpc) is 3.01. The number of carbonyl (C=O) groups is 1. The summed E-state index contributed by atoms with van der Waals surface area (Å²) in [6.07, 6.45) is 1.74. The first-order valence-electron chi connectivity index (χ1n) is 6.87. The van der Waals surface area contributed by atoms with Gasteiger partial charge in [-0.1, -0.05) is 0 Å². The van der Waals surface area contributed by atoms with Crippen molar-refractivity contribution < 1.29 is 9.21 Å². The molecule has 112 valence electrons. The van der Waals surface area contributed by atoms with Gasteiger partial charge in [-0.3, -0.25) is 9.78 Å². The maximum Gasteiger partial charge on any atom is 0.417 e. The Hall–Kier alpha value is -2.44. The van der Waals surface area contributed by atoms with Crippen LogP contribution in [0.4, 0.5) is 11.4 Å². The van der Waals surface area contributed by atoms with Gasteiger partial charge in [0, 0.05) is 26.7 Å². The molecule has 0 spiro atoms. The first-order valence-corrected chi connectivity index (χ1v) is 6.87. The highest BCUT2D eigenvalue weighted by atomic mass is 16.4. The Bertz CT molecular complexity index is 746. The van der Waals surface area contributed by atoms with Gasteiger partial charge in [0.2, 0.25) is 5.91 Å². The Morgan fingerprint density at radius 2 is 2.24 bits per heavy atom. The van der Waals surface area contributed by atoms with Gasteiger partial charge in [-0.2, -0.15) is 0 Å². The smallest absolute Gasteiger partial charge is 0.408 e. The van der Waals surface area contributed by atoms with E-state index in [1.165, 1.54) is 0 Å². The van der Waals surface area contributed by atoms with Gasteiger partial charge in [0.25, 0.3) is 0 Å². The monoisotopic (exact) mass is 290 g/mol. The third-order valence-electron chi connectivity index (χ3n) is 3.86. The summed E-state index contributed by atoms with van der Waals surface area (Å²) < 4.78 is 4.99. The molecule has 7 nitrogen and oxygen atoms in total. The van der Waals surface area contributed by atoms with E-state index in [-0.39, 0.29) is 11.9 Å². The number of H-pyrrole nitrogens is 1. The minimum atomic E-state index is -0.510. The van der Waals surface area contributed by atoms with Crippen LogP contribution in [0.1, 0.15) is 12.8 Å². The van der Waals surface area contributed by atoms with E-state index in [2.05, 4.69) is 4.98 Å². The molecule has 21 heavy (non-hydrogen) atoms. The summed E-state index contributed by atoms with van der Waals surface area (Å²) in [5, 5.41) is 0. The number of hydrogen-bond donors (Lipinski definition) is 2. The second-order valence-electron chi connectivity index (χ2n) is 5.51. The standard InChI is InChI=1S/C14H18N4O3/c1-17(2)13(19)10-4-3-5-18(10)11-7-9-12(6-8(11)15)21-14(20)16-9/h6-7,10H,3-5,15H2,1-2H3,(H,16,20). The number of anilines is 2. The lowest BCUT2D eigenvalue weighted by molar-refractivity contribution is -0.129. The van der Waals surface area contributed by atoms with Gasteiger partial charge in [0.05, 0.1) is 16.9 Å². The fourth-order valence-electron chi connectivity index (χ4n) is 2.86. The number of nitrogens with zero attached hydrogens (tertiary/aromatic N) is 2. The summed E-state index contributed by atoms with van der Waals surface area (Å²) in [6.45, 7) is 0.766. The number of nitrogens with one attached hydrogen (secondary N) is 1. The molecule has 1 aromatic carbocycles. The second-order valence-corrected chi connectivity index (χ2v) is 5.51. The zero-order chi connectivity index (χ0) is 15.1. The van der Waals surface area contributed by atoms with Gasteiger partial charge in [0.15, 0.2) is 5.58 Å². The van der Waals surface area contributed by atoms with Crippen molar-refractivity contribution in [3.63, 3.8) is 0 Å². The molecule has 1 amide bonds. The topological polar surface area (TPSA) is 95.6 Å². The molecule has 3 rings (SSSR count). The Balaban J connectivity index is 2.04. The number of rotatable bonds is 2. The zero-order valence-corrected chi connectivity index (χ0v) is 12.0. The lowest BCUT2D eigenvalue weighted by atomic mass is 10.1. The minimum Gasteiger partial charge on any atom is -0.408 e. The molecule has 0 aliphatic carbocycles. The van der Waals surface area contributed by atoms with E-state index in [0.29, 0.717) is 16.8 Å². The Morgan fingerprint density at radius 1 is 1.48 bits per heavy atom. The highest BCUT2D eigenvalue weighted by molar-refractivity contribution is 5.90. The van der Waals surface area contributed by atoms with Crippen molar-refractivity contribution >= 4 is 28.4 Å². The first-order chi connectivity index (χ1) is 9.97. The van der Waals surface area contributed by atoms with Crippen LogP contribution in [0.3, 0.4) is 0 Å². The number of hydrogen-bond acceptors (Lipinski definition) is 5. The third-order valence-corrected chi connectivity index (χ3v) is 3.86. The molecule has 1 aliphatic rings. The molecule has 1 unspecified atom stereocenters. The molecule has 1 aliphatic heterocycles. The van der Waals surface area contributed by atoms with Crippen molar-refractivity contribution in [2.24, 2.45) is 0 Å². The summed E-state index contributed by atoms with van der Waals surface area (Å²) in [5.41, 5.74) is 8.35. The number of aromatic amines is 1. The van der Waals surface area contributed by atoms with Gasteiger partial charge in [-0.25, -0.2) is 4.79 Å². The van der Waals surface area contributed by atoms with Gasteiger partial charge < -0.3 is 20.0 Å². The molecule has 1 aromatic heterocycles. The maximum absolute atomic E-state index is 12.3. The fourth-order valence-corrected chi connectivity index (χ4v) is 2.86. The number of likely N-dealkylation sites (N-methyl/N-ethyl adjacent to an activating group) is 1. The van der Waals surface area contributed by atoms with Crippen LogP contribution in [0.5, 0.6) is 0 Å². The lowest BCUT2D eigenvalue weighted by Crippen LogP contribution is -2.43. The van der Waals surface area contributed by atoms with E-state index in [4.69, 9.17) is 10.2 Å². The number of nitrogen functional groups attached to an aromatic ring is 1. The number of oxazole rings is 1. The van der Waals surface area contributed by atoms with Crippen molar-refractivity contribution in [3.8, 4) is 0 Å². The van der Waals surface area contributed by atoms with Crippen molar-refractivity contribution in [1.82, 2.24) is 9.88 Å². The van der Waals surface area contributed by atoms with E-state index in [1.807, 2.05) is 4.90 Å². The summed E-state index contributed by atoms with van der Waals surface area (Å²) >= 11 is 0. The van der Waals surface area contributed by atoms with Crippen LogP contribution in [0.2, 0.25) is 0 Å². The number of amides is 1. The van der Waals surface area contributed by atoms with E-state index < -0.39 is 5.76 Å². The Kier molecular flexibility index (Phi) is 3.12. The van der Waals surface area contributed by atoms with Crippen molar-refractivity contribution in [3.05, 3.63) is 22.7 Å². The molecule has 2 heterocycles. The van der Waals surface area contributed by atoms with Crippen LogP contribution < -0.4 is 16.4 Å². The van der Waals surface area contributed by atoms with Gasteiger partial charge in [0.1, 0.15) is 6.04 Å². The van der Waals surface area contributed by atoms with Gasteiger partial charge >= 0.3 is 5.76 Å². The number of nitrogens with two attached hydrogens (primary N) is 1. The number of fused-ring (bicyclic) bond motifs is 1. The van der Waals surface area contributed by atoms with E-state index in [9.17, 15) is 9.59 Å². The van der Waals surface area contributed by atoms with Crippen molar-refractivity contribution in [2.45, 2.75) is 18.9 Å². The van der Waals surface area contributed by atoms with Crippen LogP contribution in [0, 0.1) is 0 Å². The molecule has 3 N–H and O–H groups in total. The first kappa shape index (κ1) is 13.5. The molecule has 7 heteroatoms. The van der Waals surface area contributed by atoms with Gasteiger partial charge in [-0.15, -0.1) is 0 Å². The predicted molar refractivity (Wildman–Crippen MR) is 80.3 cm³/mol. The molecular weight excluding hydrogens is 272 g/mol. The lowest BCUT2D eigenvalue weighted by Gasteiger charge is -2.28. The summed E-state index contributed by atoms with van der Waals surface area (Å²) in [6, 6.07) is 3.19. The van der Waals surface area contributed by atoms with E-state index >= 15 is 0 Å². The molecular formula is C14H18N4O3. The van der Waals surface area contributed by atoms with Crippen LogP contribution in [0.25, 0.3) is 11.1 Å². The summed E-state index contributed by atoms with van der Waals surface area (Å²) in [4.78, 5) is 29.7. The third kappa shape index (κ3) is 2.24. The van der Waals surface area contributed by atoms with Gasteiger partial charge in [-0.05, 0) is 18.9 Å². The Labute approximate surface area is 121 Å². The molecule has 1 fully saturated rings. The van der Waals surface area contributed by atoms with Crippen molar-refractivity contribution in [2.75, 3.05) is 31.3 Å². The van der Waals surface area contributed by atoms with E-state index in [0.717, 1.165) is 25.1 Å². The fraction of sp³-hybridized carbons (Fsp3) is 0.429. The highest BCUT2D eigenvalue weighted by Crippen LogP contribution is 2.33. The van der Waals surface area contributed by atoms with Crippen LogP contribution >= 0.6 is 0 Å². The minimum absolute atomic E-state index is 0.0627. The molecule has 2 aromatic rings. The number of aromatic nitrogens is 1. The molecule has 1 atom stereocenters. The molecule has 0 radical (unpaired) electrons. The SMILES string of the molecule is CN(C)C(=O)C1CCCN1c1cc2[nH]c(=O)oc2cc1N. The average molecular weight is 290 g/mol. The number of carbonyl (C=O) groups excluding carboxylic acids is 1. The molecule has 1 saturated heterocycles. The summed E-state index contributed by atoms with van der Waals surface area (Å²) in [7, 11) is 3.50. The molecule has 0 saturated carbocycles. The molecule has 0 bridgehead atoms. The van der Waals surface area contributed by atoms with Crippen molar-refractivity contribution in [1.29, 1.82) is 0 Å². The van der Waals surface area contributed by atoms with E-state index in [1.54, 1.807) is 31.1 Å². The maximum atomic E-state index is 12.3. The quantitative estimate of drug-likeness (QED) is 0.796. The van der Waals surface area contributed by atoms with Crippen LogP contribution in [-0.4, -0.2) is 42.5 Å². The Morgan fingerprint density at radius 3 is 2.95 bits per heavy atom. The zero-order valence-electron chi connectivity index (χ0n) is 12.0. The normalized spacial score (nSPS) is 18.4. The number of benzene rings is 1. The predicted octanol–water partition coefficient (Wildman–Crippen LogP) is 0.760.